The Morgan fingerprint density at radius 1 is 1.50 bits per heavy atom. The van der Waals surface area contributed by atoms with Crippen molar-refractivity contribution in [3.8, 4) is 0 Å². The molecule has 0 spiro atoms. The lowest BCUT2D eigenvalue weighted by Gasteiger charge is -2.09. The van der Waals surface area contributed by atoms with Gasteiger partial charge in [0.05, 0.1) is 4.92 Å². The van der Waals surface area contributed by atoms with Crippen LogP contribution in [-0.2, 0) is 0 Å². The van der Waals surface area contributed by atoms with E-state index in [2.05, 4.69) is 29.5 Å². The van der Waals surface area contributed by atoms with Crippen LogP contribution in [0.15, 0.2) is 18.5 Å². The van der Waals surface area contributed by atoms with Crippen LogP contribution in [0.5, 0.6) is 0 Å². The molecule has 1 rings (SSSR count). The van der Waals surface area contributed by atoms with Crippen LogP contribution in [0.1, 0.15) is 13.8 Å². The van der Waals surface area contributed by atoms with Gasteiger partial charge in [0.15, 0.2) is 0 Å². The second-order valence-corrected chi connectivity index (χ2v) is 3.69. The summed E-state index contributed by atoms with van der Waals surface area (Å²) < 4.78 is 0. The first-order chi connectivity index (χ1) is 7.61. The standard InChI is InChI=1S/C10H16N4O2/c1-8(2)12-5-6-13-9-3-4-11-7-10(9)14(15)16/h3-4,7-8,12H,5-6H2,1-2H3,(H,11,13). The molecule has 1 aromatic rings. The Morgan fingerprint density at radius 3 is 2.88 bits per heavy atom. The molecule has 16 heavy (non-hydrogen) atoms. The van der Waals surface area contributed by atoms with Crippen LogP contribution in [0.4, 0.5) is 11.4 Å². The number of aromatic nitrogens is 1. The number of hydrogen-bond donors (Lipinski definition) is 2. The van der Waals surface area contributed by atoms with Crippen molar-refractivity contribution in [1.29, 1.82) is 0 Å². The van der Waals surface area contributed by atoms with Gasteiger partial charge in [-0.25, -0.2) is 0 Å². The predicted octanol–water partition coefficient (Wildman–Crippen LogP) is 1.40. The third kappa shape index (κ3) is 3.82. The largest absolute Gasteiger partial charge is 0.378 e. The molecule has 0 aliphatic heterocycles. The number of nitrogens with one attached hydrogen (secondary N) is 2. The average Bonchev–Trinajstić information content (AvgIpc) is 2.24. The van der Waals surface area contributed by atoms with Gasteiger partial charge in [0.2, 0.25) is 0 Å². The number of rotatable bonds is 6. The Morgan fingerprint density at radius 2 is 2.25 bits per heavy atom. The Bertz CT molecular complexity index is 354. The van der Waals surface area contributed by atoms with Gasteiger partial charge >= 0.3 is 5.69 Å². The van der Waals surface area contributed by atoms with Gasteiger partial charge in [0.1, 0.15) is 11.9 Å². The van der Waals surface area contributed by atoms with Gasteiger partial charge in [-0.3, -0.25) is 15.1 Å². The summed E-state index contributed by atoms with van der Waals surface area (Å²) in [5.74, 6) is 0. The molecule has 0 saturated carbocycles. The van der Waals surface area contributed by atoms with E-state index in [1.165, 1.54) is 12.4 Å². The molecule has 0 atom stereocenters. The van der Waals surface area contributed by atoms with Gasteiger partial charge in [0.25, 0.3) is 0 Å². The van der Waals surface area contributed by atoms with E-state index in [1.807, 2.05) is 0 Å². The summed E-state index contributed by atoms with van der Waals surface area (Å²) >= 11 is 0. The zero-order valence-corrected chi connectivity index (χ0v) is 9.43. The molecule has 0 radical (unpaired) electrons. The van der Waals surface area contributed by atoms with E-state index in [9.17, 15) is 10.1 Å². The molecule has 0 fully saturated rings. The molecule has 0 saturated heterocycles. The Hall–Kier alpha value is -1.69. The zero-order valence-electron chi connectivity index (χ0n) is 9.43. The molecule has 0 aliphatic rings. The number of anilines is 1. The molecule has 1 heterocycles. The quantitative estimate of drug-likeness (QED) is 0.433. The highest BCUT2D eigenvalue weighted by molar-refractivity contribution is 5.59. The summed E-state index contributed by atoms with van der Waals surface area (Å²) in [5.41, 5.74) is 0.512. The van der Waals surface area contributed by atoms with Crippen molar-refractivity contribution in [2.75, 3.05) is 18.4 Å². The molecule has 6 nitrogen and oxygen atoms in total. The van der Waals surface area contributed by atoms with Crippen molar-refractivity contribution in [2.45, 2.75) is 19.9 Å². The Labute approximate surface area is 94.2 Å². The fourth-order valence-corrected chi connectivity index (χ4v) is 1.24. The first-order valence-electron chi connectivity index (χ1n) is 5.17. The summed E-state index contributed by atoms with van der Waals surface area (Å²) in [4.78, 5) is 14.0. The van der Waals surface area contributed by atoms with Crippen molar-refractivity contribution in [3.63, 3.8) is 0 Å². The molecular weight excluding hydrogens is 208 g/mol. The van der Waals surface area contributed by atoms with E-state index in [4.69, 9.17) is 0 Å². The zero-order chi connectivity index (χ0) is 12.0. The highest BCUT2D eigenvalue weighted by atomic mass is 16.6. The average molecular weight is 224 g/mol. The molecule has 0 aliphatic carbocycles. The van der Waals surface area contributed by atoms with Crippen LogP contribution in [0.2, 0.25) is 0 Å². The van der Waals surface area contributed by atoms with Crippen molar-refractivity contribution in [2.24, 2.45) is 0 Å². The fraction of sp³-hybridized carbons (Fsp3) is 0.500. The topological polar surface area (TPSA) is 80.1 Å². The number of hydrogen-bond acceptors (Lipinski definition) is 5. The Balaban J connectivity index is 2.50. The molecular formula is C10H16N4O2. The van der Waals surface area contributed by atoms with Crippen molar-refractivity contribution < 1.29 is 4.92 Å². The van der Waals surface area contributed by atoms with Gasteiger partial charge in [-0.1, -0.05) is 13.8 Å². The van der Waals surface area contributed by atoms with Crippen LogP contribution in [0.25, 0.3) is 0 Å². The van der Waals surface area contributed by atoms with Gasteiger partial charge in [-0.2, -0.15) is 0 Å². The molecule has 88 valence electrons. The minimum Gasteiger partial charge on any atom is -0.378 e. The molecule has 0 bridgehead atoms. The maximum Gasteiger partial charge on any atom is 0.310 e. The van der Waals surface area contributed by atoms with Gasteiger partial charge in [-0.05, 0) is 6.07 Å². The van der Waals surface area contributed by atoms with Crippen LogP contribution < -0.4 is 10.6 Å². The van der Waals surface area contributed by atoms with Crippen LogP contribution in [0.3, 0.4) is 0 Å². The Kier molecular flexibility index (Phi) is 4.65. The molecule has 0 amide bonds. The molecule has 6 heteroatoms. The van der Waals surface area contributed by atoms with Crippen LogP contribution >= 0.6 is 0 Å². The van der Waals surface area contributed by atoms with E-state index in [-0.39, 0.29) is 5.69 Å². The van der Waals surface area contributed by atoms with E-state index < -0.39 is 4.92 Å². The number of nitro groups is 1. The molecule has 1 aromatic heterocycles. The van der Waals surface area contributed by atoms with E-state index in [1.54, 1.807) is 6.07 Å². The lowest BCUT2D eigenvalue weighted by molar-refractivity contribution is -0.384. The van der Waals surface area contributed by atoms with E-state index >= 15 is 0 Å². The number of nitrogens with zero attached hydrogens (tertiary/aromatic N) is 2. The molecule has 0 aromatic carbocycles. The van der Waals surface area contributed by atoms with Gasteiger partial charge < -0.3 is 10.6 Å². The summed E-state index contributed by atoms with van der Waals surface area (Å²) in [6, 6.07) is 2.02. The predicted molar refractivity (Wildman–Crippen MR) is 62.5 cm³/mol. The lowest BCUT2D eigenvalue weighted by Crippen LogP contribution is -2.28. The van der Waals surface area contributed by atoms with Gasteiger partial charge in [0, 0.05) is 25.3 Å². The second kappa shape index (κ2) is 6.02. The summed E-state index contributed by atoms with van der Waals surface area (Å²) in [5, 5.41) is 16.9. The third-order valence-corrected chi connectivity index (χ3v) is 1.99. The first kappa shape index (κ1) is 12.4. The minimum atomic E-state index is -0.439. The van der Waals surface area contributed by atoms with Gasteiger partial charge in [-0.15, -0.1) is 0 Å². The maximum atomic E-state index is 10.7. The first-order valence-corrected chi connectivity index (χ1v) is 5.17. The fourth-order valence-electron chi connectivity index (χ4n) is 1.24. The second-order valence-electron chi connectivity index (χ2n) is 3.69. The van der Waals surface area contributed by atoms with Crippen LogP contribution in [0, 0.1) is 10.1 Å². The minimum absolute atomic E-state index is 0.00652. The highest BCUT2D eigenvalue weighted by Crippen LogP contribution is 2.21. The van der Waals surface area contributed by atoms with Crippen molar-refractivity contribution >= 4 is 11.4 Å². The lowest BCUT2D eigenvalue weighted by atomic mass is 10.3. The van der Waals surface area contributed by atoms with Crippen LogP contribution in [-0.4, -0.2) is 29.0 Å². The maximum absolute atomic E-state index is 10.7. The van der Waals surface area contributed by atoms with E-state index in [0.717, 1.165) is 6.54 Å². The number of pyridine rings is 1. The summed E-state index contributed by atoms with van der Waals surface area (Å²) in [6.07, 6.45) is 2.78. The van der Waals surface area contributed by atoms with E-state index in [0.29, 0.717) is 18.3 Å². The normalized spacial score (nSPS) is 10.4. The molecule has 0 unspecified atom stereocenters. The monoisotopic (exact) mass is 224 g/mol. The third-order valence-electron chi connectivity index (χ3n) is 1.99. The SMILES string of the molecule is CC(C)NCCNc1ccncc1[N+](=O)[O-]. The smallest absolute Gasteiger partial charge is 0.310 e. The molecule has 2 N–H and O–H groups in total. The highest BCUT2D eigenvalue weighted by Gasteiger charge is 2.11. The summed E-state index contributed by atoms with van der Waals surface area (Å²) in [7, 11) is 0. The van der Waals surface area contributed by atoms with Crippen molar-refractivity contribution in [1.82, 2.24) is 10.3 Å². The summed E-state index contributed by atoms with van der Waals surface area (Å²) in [6.45, 7) is 5.50. The van der Waals surface area contributed by atoms with Crippen molar-refractivity contribution in [3.05, 3.63) is 28.6 Å².